The van der Waals surface area contributed by atoms with Crippen molar-refractivity contribution in [3.8, 4) is 0 Å². The summed E-state index contributed by atoms with van der Waals surface area (Å²) in [6.07, 6.45) is 0.137. The quantitative estimate of drug-likeness (QED) is 0.534. The second kappa shape index (κ2) is 3.83. The van der Waals surface area contributed by atoms with Crippen LogP contribution in [0.15, 0.2) is 12.1 Å². The Morgan fingerprint density at radius 1 is 1.38 bits per heavy atom. The summed E-state index contributed by atoms with van der Waals surface area (Å²) in [4.78, 5) is 11.0. The Kier molecular flexibility index (Phi) is 2.98. The van der Waals surface area contributed by atoms with E-state index in [4.69, 9.17) is 11.6 Å². The highest BCUT2D eigenvalue weighted by atomic mass is 35.5. The summed E-state index contributed by atoms with van der Waals surface area (Å²) in [7, 11) is 0. The average Bonchev–Trinajstić information content (AvgIpc) is 2.10. The van der Waals surface area contributed by atoms with Gasteiger partial charge >= 0.3 is 0 Å². The summed E-state index contributed by atoms with van der Waals surface area (Å²) < 4.78 is 25.8. The smallest absolute Gasteiger partial charge is 0.165 e. The normalized spacial score (nSPS) is 10.2. The lowest BCUT2D eigenvalue weighted by Gasteiger charge is -2.01. The zero-order chi connectivity index (χ0) is 10.0. The summed E-state index contributed by atoms with van der Waals surface area (Å²) in [5.74, 6) is -1.99. The molecule has 4 heteroatoms. The van der Waals surface area contributed by atoms with Crippen LogP contribution in [0.1, 0.15) is 23.7 Å². The topological polar surface area (TPSA) is 17.1 Å². The first kappa shape index (κ1) is 10.1. The van der Waals surface area contributed by atoms with Gasteiger partial charge in [0.05, 0.1) is 10.6 Å². The largest absolute Gasteiger partial charge is 0.294 e. The maximum absolute atomic E-state index is 13.0. The number of carbonyl (C=O) groups is 1. The molecule has 70 valence electrons. The summed E-state index contributed by atoms with van der Waals surface area (Å²) in [6, 6.07) is 1.63. The molecule has 0 spiro atoms. The molecule has 1 rings (SSSR count). The minimum atomic E-state index is -0.779. The van der Waals surface area contributed by atoms with Crippen molar-refractivity contribution in [1.82, 2.24) is 0 Å². The second-order valence-electron chi connectivity index (χ2n) is 2.52. The Labute approximate surface area is 79.3 Å². The van der Waals surface area contributed by atoms with E-state index in [2.05, 4.69) is 0 Å². The van der Waals surface area contributed by atoms with Crippen LogP contribution in [0.25, 0.3) is 0 Å². The van der Waals surface area contributed by atoms with E-state index in [1.165, 1.54) is 0 Å². The van der Waals surface area contributed by atoms with Crippen LogP contribution in [-0.4, -0.2) is 5.78 Å². The number of ketones is 1. The molecule has 0 amide bonds. The second-order valence-corrected chi connectivity index (χ2v) is 2.93. The zero-order valence-corrected chi connectivity index (χ0v) is 7.66. The third-order valence-corrected chi connectivity index (χ3v) is 1.92. The number of benzene rings is 1. The Morgan fingerprint density at radius 3 is 2.54 bits per heavy atom. The molecule has 1 nitrogen and oxygen atoms in total. The summed E-state index contributed by atoms with van der Waals surface area (Å²) in [5.41, 5.74) is -0.246. The van der Waals surface area contributed by atoms with Gasteiger partial charge in [0, 0.05) is 6.42 Å². The summed E-state index contributed by atoms with van der Waals surface area (Å²) in [5, 5.41) is -0.315. The van der Waals surface area contributed by atoms with E-state index < -0.39 is 17.4 Å². The van der Waals surface area contributed by atoms with Gasteiger partial charge in [0.1, 0.15) is 11.6 Å². The fourth-order valence-corrected chi connectivity index (χ4v) is 1.08. The van der Waals surface area contributed by atoms with E-state index in [9.17, 15) is 13.6 Å². The molecular formula is C9H7ClF2O. The molecule has 0 aliphatic heterocycles. The van der Waals surface area contributed by atoms with E-state index in [1.807, 2.05) is 0 Å². The maximum Gasteiger partial charge on any atom is 0.165 e. The van der Waals surface area contributed by atoms with Gasteiger partial charge in [-0.15, -0.1) is 0 Å². The third-order valence-electron chi connectivity index (χ3n) is 1.63. The maximum atomic E-state index is 13.0. The van der Waals surface area contributed by atoms with Crippen LogP contribution in [0.5, 0.6) is 0 Å². The molecule has 0 unspecified atom stereocenters. The van der Waals surface area contributed by atoms with Crippen molar-refractivity contribution in [3.63, 3.8) is 0 Å². The first-order valence-corrected chi connectivity index (χ1v) is 4.11. The number of carbonyl (C=O) groups excluding carboxylic acids is 1. The van der Waals surface area contributed by atoms with Crippen molar-refractivity contribution in [2.45, 2.75) is 13.3 Å². The molecule has 0 radical (unpaired) electrons. The minimum Gasteiger partial charge on any atom is -0.294 e. The number of Topliss-reactive ketones (excluding diaryl/α,β-unsaturated/α-hetero) is 1. The summed E-state index contributed by atoms with van der Waals surface area (Å²) in [6.45, 7) is 1.58. The molecular weight excluding hydrogens is 198 g/mol. The predicted octanol–water partition coefficient (Wildman–Crippen LogP) is 3.21. The Bertz CT molecular complexity index is 350. The fourth-order valence-electron chi connectivity index (χ4n) is 0.927. The molecule has 0 saturated carbocycles. The van der Waals surface area contributed by atoms with Crippen molar-refractivity contribution in [2.75, 3.05) is 0 Å². The number of hydrogen-bond donors (Lipinski definition) is 0. The van der Waals surface area contributed by atoms with Crippen LogP contribution >= 0.6 is 11.6 Å². The molecule has 0 N–H and O–H groups in total. The molecule has 0 aromatic heterocycles. The third kappa shape index (κ3) is 2.04. The number of hydrogen-bond acceptors (Lipinski definition) is 1. The lowest BCUT2D eigenvalue weighted by atomic mass is 10.1. The summed E-state index contributed by atoms with van der Waals surface area (Å²) >= 11 is 5.31. The molecule has 0 aliphatic carbocycles. The highest BCUT2D eigenvalue weighted by molar-refractivity contribution is 6.30. The van der Waals surface area contributed by atoms with Crippen molar-refractivity contribution in [3.05, 3.63) is 34.4 Å². The van der Waals surface area contributed by atoms with Gasteiger partial charge in [-0.05, 0) is 12.1 Å². The van der Waals surface area contributed by atoms with Gasteiger partial charge in [-0.2, -0.15) is 0 Å². The average molecular weight is 205 g/mol. The van der Waals surface area contributed by atoms with E-state index in [0.717, 1.165) is 12.1 Å². The van der Waals surface area contributed by atoms with Crippen molar-refractivity contribution < 1.29 is 13.6 Å². The molecule has 0 heterocycles. The van der Waals surface area contributed by atoms with Crippen LogP contribution in [0.3, 0.4) is 0 Å². The fraction of sp³-hybridized carbons (Fsp3) is 0.222. The van der Waals surface area contributed by atoms with Crippen LogP contribution in [0.4, 0.5) is 8.78 Å². The predicted molar refractivity (Wildman–Crippen MR) is 46.0 cm³/mol. The number of rotatable bonds is 2. The van der Waals surface area contributed by atoms with Crippen LogP contribution in [0, 0.1) is 11.6 Å². The number of halogens is 3. The van der Waals surface area contributed by atoms with Gasteiger partial charge in [-0.25, -0.2) is 8.78 Å². The molecule has 13 heavy (non-hydrogen) atoms. The Hall–Kier alpha value is -0.960. The van der Waals surface area contributed by atoms with Crippen LogP contribution in [-0.2, 0) is 0 Å². The van der Waals surface area contributed by atoms with E-state index in [-0.39, 0.29) is 17.0 Å². The lowest BCUT2D eigenvalue weighted by Crippen LogP contribution is -2.01. The van der Waals surface area contributed by atoms with Gasteiger partial charge in [0.25, 0.3) is 0 Å². The molecule has 0 atom stereocenters. The molecule has 0 saturated heterocycles. The van der Waals surface area contributed by atoms with Gasteiger partial charge in [-0.3, -0.25) is 4.79 Å². The Morgan fingerprint density at radius 2 is 2.00 bits per heavy atom. The van der Waals surface area contributed by atoms with Crippen molar-refractivity contribution >= 4 is 17.4 Å². The van der Waals surface area contributed by atoms with Crippen molar-refractivity contribution in [1.29, 1.82) is 0 Å². The van der Waals surface area contributed by atoms with Crippen LogP contribution in [0.2, 0.25) is 5.02 Å². The molecule has 0 bridgehead atoms. The van der Waals surface area contributed by atoms with Crippen molar-refractivity contribution in [2.24, 2.45) is 0 Å². The van der Waals surface area contributed by atoms with E-state index >= 15 is 0 Å². The monoisotopic (exact) mass is 204 g/mol. The zero-order valence-electron chi connectivity index (χ0n) is 6.90. The van der Waals surface area contributed by atoms with E-state index in [1.54, 1.807) is 6.92 Å². The lowest BCUT2D eigenvalue weighted by molar-refractivity contribution is 0.0984. The molecule has 0 aliphatic rings. The van der Waals surface area contributed by atoms with Gasteiger partial charge in [0.2, 0.25) is 0 Å². The van der Waals surface area contributed by atoms with Gasteiger partial charge in [0.15, 0.2) is 5.78 Å². The van der Waals surface area contributed by atoms with Crippen LogP contribution < -0.4 is 0 Å². The highest BCUT2D eigenvalue weighted by Gasteiger charge is 2.13. The SMILES string of the molecule is CCC(=O)c1cc(F)c(Cl)cc1F. The first-order valence-electron chi connectivity index (χ1n) is 3.74. The highest BCUT2D eigenvalue weighted by Crippen LogP contribution is 2.20. The molecule has 1 aromatic carbocycles. The molecule has 0 fully saturated rings. The van der Waals surface area contributed by atoms with Gasteiger partial charge < -0.3 is 0 Å². The standard InChI is InChI=1S/C9H7ClF2O/c1-2-9(13)5-3-8(12)6(10)4-7(5)11/h3-4H,2H2,1H3. The van der Waals surface area contributed by atoms with Gasteiger partial charge in [-0.1, -0.05) is 18.5 Å². The van der Waals surface area contributed by atoms with E-state index in [0.29, 0.717) is 0 Å². The minimum absolute atomic E-state index is 0.137. The Balaban J connectivity index is 3.23. The first-order chi connectivity index (χ1) is 6.06. The molecule has 1 aromatic rings.